The summed E-state index contributed by atoms with van der Waals surface area (Å²) >= 11 is 3.64. The van der Waals surface area contributed by atoms with Gasteiger partial charge in [0, 0.05) is 37.4 Å². The maximum absolute atomic E-state index is 3.64. The van der Waals surface area contributed by atoms with Crippen molar-refractivity contribution in [2.45, 2.75) is 0 Å². The smallest absolute Gasteiger partial charge is 0.0547 e. The van der Waals surface area contributed by atoms with Gasteiger partial charge in [-0.3, -0.25) is 0 Å². The van der Waals surface area contributed by atoms with Gasteiger partial charge in [-0.05, 0) is 82.2 Å². The summed E-state index contributed by atoms with van der Waals surface area (Å²) in [7, 11) is 0. The van der Waals surface area contributed by atoms with Crippen LogP contribution in [0.25, 0.3) is 76.5 Å². The van der Waals surface area contributed by atoms with Gasteiger partial charge >= 0.3 is 0 Å². The lowest BCUT2D eigenvalue weighted by atomic mass is 10.0. The van der Waals surface area contributed by atoms with E-state index in [1.54, 1.807) is 0 Å². The monoisotopic (exact) mass is 664 g/mol. The summed E-state index contributed by atoms with van der Waals surface area (Å²) in [4.78, 5) is 0. The van der Waals surface area contributed by atoms with Crippen molar-refractivity contribution >= 4 is 81.1 Å². The first-order valence-electron chi connectivity index (χ1n) is 15.9. The van der Waals surface area contributed by atoms with E-state index in [1.807, 2.05) is 0 Å². The predicted molar refractivity (Wildman–Crippen MR) is 204 cm³/mol. The van der Waals surface area contributed by atoms with Gasteiger partial charge in [0.15, 0.2) is 0 Å². The van der Waals surface area contributed by atoms with Crippen LogP contribution in [0.5, 0.6) is 0 Å². The minimum Gasteiger partial charge on any atom is -0.309 e. The number of nitrogens with zero attached hydrogens (tertiary/aromatic N) is 2. The van der Waals surface area contributed by atoms with E-state index in [-0.39, 0.29) is 0 Å². The van der Waals surface area contributed by atoms with Gasteiger partial charge < -0.3 is 9.13 Å². The summed E-state index contributed by atoms with van der Waals surface area (Å²) < 4.78 is 5.82. The van der Waals surface area contributed by atoms with Gasteiger partial charge in [0.1, 0.15) is 0 Å². The van der Waals surface area contributed by atoms with Crippen LogP contribution >= 0.6 is 15.9 Å². The van der Waals surface area contributed by atoms with Crippen LogP contribution in [0.15, 0.2) is 180 Å². The third-order valence-electron chi connectivity index (χ3n) is 9.21. The zero-order chi connectivity index (χ0) is 31.3. The Kier molecular flexibility index (Phi) is 6.65. The number of para-hydroxylation sites is 3. The highest BCUT2D eigenvalue weighted by atomic mass is 79.9. The molecule has 0 unspecified atom stereocenters. The minimum absolute atomic E-state index is 1.11. The summed E-state index contributed by atoms with van der Waals surface area (Å²) in [5.74, 6) is 0. The molecule has 10 aromatic rings. The van der Waals surface area contributed by atoms with Gasteiger partial charge in [0.2, 0.25) is 0 Å². The zero-order valence-electron chi connectivity index (χ0n) is 25.5. The minimum atomic E-state index is 1.11. The molecule has 2 aromatic heterocycles. The summed E-state index contributed by atoms with van der Waals surface area (Å²) in [6, 6.07) is 62.5. The molecular weight excluding hydrogens is 636 g/mol. The molecule has 0 spiro atoms. The third-order valence-corrected chi connectivity index (χ3v) is 9.70. The molecule has 0 atom stereocenters. The Balaban J connectivity index is 0.000000129. The number of fused-ring (bicyclic) bond motifs is 10. The first-order valence-corrected chi connectivity index (χ1v) is 16.7. The van der Waals surface area contributed by atoms with Crippen molar-refractivity contribution in [1.29, 1.82) is 0 Å². The lowest BCUT2D eigenvalue weighted by Gasteiger charge is -2.07. The summed E-state index contributed by atoms with van der Waals surface area (Å²) in [6.07, 6.45) is 0. The number of halogens is 1. The van der Waals surface area contributed by atoms with E-state index in [0.717, 1.165) is 4.47 Å². The highest BCUT2D eigenvalue weighted by Gasteiger charge is 2.15. The van der Waals surface area contributed by atoms with Gasteiger partial charge in [0.25, 0.3) is 0 Å². The number of hydrogen-bond acceptors (Lipinski definition) is 0. The standard InChI is InChI=1S/C22H14BrN.C22H15N/c23-16-11-13-20-19(14-16)22-18-9-5-4-6-15(18)10-12-21(22)24(20)17-7-2-1-3-8-17;1-2-9-17(10-3-1)23-20-13-7-6-12-19(20)22-18-11-5-4-8-16(18)14-15-21(22)23/h1-14H;1-15H. The molecule has 0 saturated heterocycles. The Hall–Kier alpha value is -5.64. The van der Waals surface area contributed by atoms with Crippen LogP contribution in [0.3, 0.4) is 0 Å². The second-order valence-electron chi connectivity index (χ2n) is 11.9. The van der Waals surface area contributed by atoms with Gasteiger partial charge in [0.05, 0.1) is 22.1 Å². The van der Waals surface area contributed by atoms with Crippen LogP contribution in [0.4, 0.5) is 0 Å². The van der Waals surface area contributed by atoms with Gasteiger partial charge in [-0.25, -0.2) is 0 Å². The van der Waals surface area contributed by atoms with E-state index >= 15 is 0 Å². The summed E-state index contributed by atoms with van der Waals surface area (Å²) in [6.45, 7) is 0. The molecule has 0 bridgehead atoms. The molecule has 3 heteroatoms. The fourth-order valence-corrected chi connectivity index (χ4v) is 7.57. The van der Waals surface area contributed by atoms with E-state index < -0.39 is 0 Å². The van der Waals surface area contributed by atoms with Crippen LogP contribution in [0, 0.1) is 0 Å². The number of rotatable bonds is 2. The number of aromatic nitrogens is 2. The second kappa shape index (κ2) is 11.3. The Morgan fingerprint density at radius 2 is 0.745 bits per heavy atom. The third kappa shape index (κ3) is 4.54. The first kappa shape index (κ1) is 27.7. The Morgan fingerprint density at radius 1 is 0.319 bits per heavy atom. The van der Waals surface area contributed by atoms with E-state index in [0.29, 0.717) is 0 Å². The second-order valence-corrected chi connectivity index (χ2v) is 12.8. The summed E-state index contributed by atoms with van der Waals surface area (Å²) in [5, 5.41) is 10.4. The molecule has 0 saturated carbocycles. The van der Waals surface area contributed by atoms with Crippen LogP contribution in [0.2, 0.25) is 0 Å². The molecule has 47 heavy (non-hydrogen) atoms. The Morgan fingerprint density at radius 3 is 1.32 bits per heavy atom. The van der Waals surface area contributed by atoms with Crippen LogP contribution in [0.1, 0.15) is 0 Å². The average molecular weight is 666 g/mol. The first-order chi connectivity index (χ1) is 23.3. The largest absolute Gasteiger partial charge is 0.309 e. The van der Waals surface area contributed by atoms with Crippen molar-refractivity contribution in [2.75, 3.05) is 0 Å². The lowest BCUT2D eigenvalue weighted by molar-refractivity contribution is 1.18. The molecule has 0 fully saturated rings. The van der Waals surface area contributed by atoms with E-state index in [2.05, 4.69) is 201 Å². The number of hydrogen-bond donors (Lipinski definition) is 0. The van der Waals surface area contributed by atoms with Crippen molar-refractivity contribution < 1.29 is 0 Å². The lowest BCUT2D eigenvalue weighted by Crippen LogP contribution is -1.92. The molecule has 0 aliphatic carbocycles. The van der Waals surface area contributed by atoms with Crippen molar-refractivity contribution in [2.24, 2.45) is 0 Å². The number of benzene rings is 8. The van der Waals surface area contributed by atoms with Crippen LogP contribution in [-0.2, 0) is 0 Å². The van der Waals surface area contributed by atoms with Crippen molar-refractivity contribution in [3.8, 4) is 11.4 Å². The predicted octanol–water partition coefficient (Wildman–Crippen LogP) is 12.6. The fraction of sp³-hybridized carbons (Fsp3) is 0. The topological polar surface area (TPSA) is 9.86 Å². The molecule has 10 rings (SSSR count). The zero-order valence-corrected chi connectivity index (χ0v) is 27.1. The normalized spacial score (nSPS) is 11.5. The quantitative estimate of drug-likeness (QED) is 0.174. The summed E-state index contributed by atoms with van der Waals surface area (Å²) in [5.41, 5.74) is 7.38. The molecular formula is C44H29BrN2. The van der Waals surface area contributed by atoms with E-state index in [1.165, 1.54) is 76.5 Å². The van der Waals surface area contributed by atoms with Crippen LogP contribution in [-0.4, -0.2) is 9.13 Å². The molecule has 0 radical (unpaired) electrons. The van der Waals surface area contributed by atoms with Crippen molar-refractivity contribution in [3.63, 3.8) is 0 Å². The molecule has 222 valence electrons. The van der Waals surface area contributed by atoms with Gasteiger partial charge in [-0.1, -0.05) is 131 Å². The maximum Gasteiger partial charge on any atom is 0.0547 e. The van der Waals surface area contributed by atoms with Crippen LogP contribution < -0.4 is 0 Å². The molecule has 2 heterocycles. The van der Waals surface area contributed by atoms with Crippen molar-refractivity contribution in [3.05, 3.63) is 180 Å². The van der Waals surface area contributed by atoms with Gasteiger partial charge in [-0.2, -0.15) is 0 Å². The molecule has 8 aromatic carbocycles. The highest BCUT2D eigenvalue weighted by Crippen LogP contribution is 2.38. The molecule has 0 N–H and O–H groups in total. The fourth-order valence-electron chi connectivity index (χ4n) is 7.21. The molecule has 0 aliphatic heterocycles. The molecule has 0 amide bonds. The Bertz CT molecular complexity index is 2740. The maximum atomic E-state index is 3.64. The van der Waals surface area contributed by atoms with E-state index in [4.69, 9.17) is 0 Å². The average Bonchev–Trinajstić information content (AvgIpc) is 3.66. The van der Waals surface area contributed by atoms with E-state index in [9.17, 15) is 0 Å². The molecule has 2 nitrogen and oxygen atoms in total. The molecule has 0 aliphatic rings. The Labute approximate surface area is 280 Å². The SMILES string of the molecule is Brc1ccc2c(c1)c1c3ccccc3ccc1n2-c1ccccc1.c1ccc(-n2c3ccccc3c3c4ccccc4ccc32)cc1. The van der Waals surface area contributed by atoms with Gasteiger partial charge in [-0.15, -0.1) is 0 Å². The highest BCUT2D eigenvalue weighted by molar-refractivity contribution is 9.10. The van der Waals surface area contributed by atoms with Crippen molar-refractivity contribution in [1.82, 2.24) is 9.13 Å².